The highest BCUT2D eigenvalue weighted by Crippen LogP contribution is 2.37. The number of anilines is 1. The van der Waals surface area contributed by atoms with E-state index < -0.39 is 27.9 Å². The molecule has 3 aromatic rings. The van der Waals surface area contributed by atoms with Crippen molar-refractivity contribution in [1.29, 1.82) is 0 Å². The molecule has 0 unspecified atom stereocenters. The molecule has 2 heterocycles. The number of esters is 1. The normalized spacial score (nSPS) is 17.0. The van der Waals surface area contributed by atoms with E-state index in [0.29, 0.717) is 23.9 Å². The average Bonchev–Trinajstić information content (AvgIpc) is 3.40. The lowest BCUT2D eigenvalue weighted by molar-refractivity contribution is -0.119. The van der Waals surface area contributed by atoms with Crippen LogP contribution in [0.2, 0.25) is 0 Å². The second kappa shape index (κ2) is 8.41. The van der Waals surface area contributed by atoms with Gasteiger partial charge in [0.05, 0.1) is 17.7 Å². The SMILES string of the molecule is COC(=O)c1sc2ccccc2c1NC(=O)[C@@H]1CCCN1S(=O)(=O)c1ccc(C)cc1. The molecule has 1 atom stereocenters. The van der Waals surface area contributed by atoms with Crippen LogP contribution in [0.4, 0.5) is 5.69 Å². The Morgan fingerprint density at radius 1 is 1.13 bits per heavy atom. The van der Waals surface area contributed by atoms with Gasteiger partial charge in [0, 0.05) is 16.6 Å². The summed E-state index contributed by atoms with van der Waals surface area (Å²) in [5, 5.41) is 3.53. The minimum absolute atomic E-state index is 0.161. The zero-order valence-electron chi connectivity index (χ0n) is 17.1. The highest BCUT2D eigenvalue weighted by Gasteiger charge is 2.40. The molecule has 4 rings (SSSR count). The third-order valence-corrected chi connectivity index (χ3v) is 8.42. The van der Waals surface area contributed by atoms with E-state index in [1.165, 1.54) is 22.8 Å². The van der Waals surface area contributed by atoms with Crippen molar-refractivity contribution >= 4 is 49.0 Å². The molecular formula is C22H22N2O5S2. The molecular weight excluding hydrogens is 436 g/mol. The van der Waals surface area contributed by atoms with Crippen molar-refractivity contribution < 1.29 is 22.7 Å². The number of hydrogen-bond donors (Lipinski definition) is 1. The van der Waals surface area contributed by atoms with Gasteiger partial charge in [-0.3, -0.25) is 4.79 Å². The molecule has 1 fully saturated rings. The zero-order valence-corrected chi connectivity index (χ0v) is 18.8. The van der Waals surface area contributed by atoms with Crippen molar-refractivity contribution in [2.45, 2.75) is 30.7 Å². The number of benzene rings is 2. The first-order chi connectivity index (χ1) is 14.8. The van der Waals surface area contributed by atoms with Crippen LogP contribution in [0.3, 0.4) is 0 Å². The summed E-state index contributed by atoms with van der Waals surface area (Å²) in [6, 6.07) is 13.1. The van der Waals surface area contributed by atoms with Crippen LogP contribution in [-0.4, -0.2) is 44.3 Å². The number of thiophene rings is 1. The Kier molecular flexibility index (Phi) is 5.83. The zero-order chi connectivity index (χ0) is 22.2. The van der Waals surface area contributed by atoms with Gasteiger partial charge < -0.3 is 10.1 Å². The molecule has 1 N–H and O–H groups in total. The Morgan fingerprint density at radius 3 is 2.55 bits per heavy atom. The summed E-state index contributed by atoms with van der Waals surface area (Å²) in [5.74, 6) is -1.01. The molecule has 1 aliphatic rings. The van der Waals surface area contributed by atoms with Crippen LogP contribution in [-0.2, 0) is 19.6 Å². The van der Waals surface area contributed by atoms with Gasteiger partial charge >= 0.3 is 5.97 Å². The Balaban J connectivity index is 1.66. The minimum Gasteiger partial charge on any atom is -0.465 e. The maximum atomic E-state index is 13.2. The molecule has 0 spiro atoms. The van der Waals surface area contributed by atoms with Crippen molar-refractivity contribution in [1.82, 2.24) is 4.31 Å². The molecule has 31 heavy (non-hydrogen) atoms. The summed E-state index contributed by atoms with van der Waals surface area (Å²) in [5.41, 5.74) is 1.31. The number of nitrogens with one attached hydrogen (secondary N) is 1. The first kappa shape index (κ1) is 21.5. The molecule has 1 saturated heterocycles. The minimum atomic E-state index is -3.82. The van der Waals surface area contributed by atoms with Crippen LogP contribution >= 0.6 is 11.3 Å². The van der Waals surface area contributed by atoms with Gasteiger partial charge in [0.2, 0.25) is 15.9 Å². The Morgan fingerprint density at radius 2 is 1.84 bits per heavy atom. The maximum Gasteiger partial charge on any atom is 0.350 e. The molecule has 2 aromatic carbocycles. The van der Waals surface area contributed by atoms with E-state index in [0.717, 1.165) is 10.3 Å². The maximum absolute atomic E-state index is 13.2. The third-order valence-electron chi connectivity index (χ3n) is 5.35. The van der Waals surface area contributed by atoms with Gasteiger partial charge in [-0.25, -0.2) is 13.2 Å². The van der Waals surface area contributed by atoms with Gasteiger partial charge in [-0.1, -0.05) is 35.9 Å². The summed E-state index contributed by atoms with van der Waals surface area (Å²) in [6.07, 6.45) is 0.990. The van der Waals surface area contributed by atoms with Gasteiger partial charge in [0.15, 0.2) is 0 Å². The summed E-state index contributed by atoms with van der Waals surface area (Å²) in [7, 11) is -2.54. The van der Waals surface area contributed by atoms with E-state index in [4.69, 9.17) is 4.74 Å². The predicted molar refractivity (Wildman–Crippen MR) is 120 cm³/mol. The highest BCUT2D eigenvalue weighted by atomic mass is 32.2. The number of sulfonamides is 1. The second-order valence-corrected chi connectivity index (χ2v) is 10.3. The quantitative estimate of drug-likeness (QED) is 0.587. The van der Waals surface area contributed by atoms with E-state index >= 15 is 0 Å². The first-order valence-electron chi connectivity index (χ1n) is 9.82. The van der Waals surface area contributed by atoms with Gasteiger partial charge in [0.25, 0.3) is 0 Å². The number of hydrogen-bond acceptors (Lipinski definition) is 6. The van der Waals surface area contributed by atoms with E-state index in [1.54, 1.807) is 24.3 Å². The summed E-state index contributed by atoms with van der Waals surface area (Å²) in [4.78, 5) is 25.9. The predicted octanol–water partition coefficient (Wildman–Crippen LogP) is 3.79. The number of amides is 1. The van der Waals surface area contributed by atoms with E-state index in [2.05, 4.69) is 5.32 Å². The van der Waals surface area contributed by atoms with E-state index in [9.17, 15) is 18.0 Å². The monoisotopic (exact) mass is 458 g/mol. The summed E-state index contributed by atoms with van der Waals surface area (Å²) in [6.45, 7) is 2.15. The number of methoxy groups -OCH3 is 1. The molecule has 0 radical (unpaired) electrons. The van der Waals surface area contributed by atoms with E-state index in [-0.39, 0.29) is 16.3 Å². The van der Waals surface area contributed by atoms with Gasteiger partial charge in [-0.05, 0) is 38.0 Å². The molecule has 9 heteroatoms. The van der Waals surface area contributed by atoms with Crippen LogP contribution in [0, 0.1) is 6.92 Å². The highest BCUT2D eigenvalue weighted by molar-refractivity contribution is 7.89. The summed E-state index contributed by atoms with van der Waals surface area (Å²) >= 11 is 1.22. The molecule has 7 nitrogen and oxygen atoms in total. The molecule has 1 aromatic heterocycles. The van der Waals surface area contributed by atoms with Crippen molar-refractivity contribution in [2.75, 3.05) is 19.0 Å². The first-order valence-corrected chi connectivity index (χ1v) is 12.1. The van der Waals surface area contributed by atoms with Gasteiger partial charge in [-0.15, -0.1) is 11.3 Å². The number of ether oxygens (including phenoxy) is 1. The van der Waals surface area contributed by atoms with Crippen LogP contribution in [0.1, 0.15) is 28.1 Å². The fraction of sp³-hybridized carbons (Fsp3) is 0.273. The lowest BCUT2D eigenvalue weighted by Gasteiger charge is -2.23. The van der Waals surface area contributed by atoms with Crippen molar-refractivity contribution in [3.63, 3.8) is 0 Å². The molecule has 1 amide bonds. The van der Waals surface area contributed by atoms with Crippen LogP contribution in [0.25, 0.3) is 10.1 Å². The number of rotatable bonds is 5. The fourth-order valence-corrected chi connectivity index (χ4v) is 6.48. The second-order valence-electron chi connectivity index (χ2n) is 7.37. The number of nitrogens with zero attached hydrogens (tertiary/aromatic N) is 1. The van der Waals surface area contributed by atoms with Crippen LogP contribution in [0.15, 0.2) is 53.4 Å². The number of aryl methyl sites for hydroxylation is 1. The molecule has 0 saturated carbocycles. The van der Waals surface area contributed by atoms with Crippen molar-refractivity contribution in [3.05, 3.63) is 59.0 Å². The third kappa shape index (κ3) is 3.96. The number of carbonyl (C=O) groups is 2. The van der Waals surface area contributed by atoms with Crippen LogP contribution < -0.4 is 5.32 Å². The van der Waals surface area contributed by atoms with Gasteiger partial charge in [0.1, 0.15) is 10.9 Å². The molecule has 162 valence electrons. The molecule has 0 aliphatic carbocycles. The van der Waals surface area contributed by atoms with Crippen molar-refractivity contribution in [3.8, 4) is 0 Å². The number of carbonyl (C=O) groups excluding carboxylic acids is 2. The van der Waals surface area contributed by atoms with Crippen LogP contribution in [0.5, 0.6) is 0 Å². The average molecular weight is 459 g/mol. The number of fused-ring (bicyclic) bond motifs is 1. The molecule has 0 bridgehead atoms. The van der Waals surface area contributed by atoms with Crippen molar-refractivity contribution in [2.24, 2.45) is 0 Å². The Bertz CT molecular complexity index is 1250. The largest absolute Gasteiger partial charge is 0.465 e. The fourth-order valence-electron chi connectivity index (χ4n) is 3.75. The van der Waals surface area contributed by atoms with E-state index in [1.807, 2.05) is 31.2 Å². The molecule has 1 aliphatic heterocycles. The Labute approximate surface area is 184 Å². The standard InChI is InChI=1S/C22H22N2O5S2/c1-14-9-11-15(12-10-14)31(27,28)24-13-5-7-17(24)21(25)23-19-16-6-3-4-8-18(16)30-20(19)22(26)29-2/h3-4,6,8-12,17H,5,7,13H2,1-2H3,(H,23,25)/t17-/m0/s1. The Hall–Kier alpha value is -2.75. The lowest BCUT2D eigenvalue weighted by Crippen LogP contribution is -2.43. The topological polar surface area (TPSA) is 92.8 Å². The lowest BCUT2D eigenvalue weighted by atomic mass is 10.2. The van der Waals surface area contributed by atoms with Gasteiger partial charge in [-0.2, -0.15) is 4.31 Å². The summed E-state index contributed by atoms with van der Waals surface area (Å²) < 4.78 is 33.3. The smallest absolute Gasteiger partial charge is 0.350 e.